The summed E-state index contributed by atoms with van der Waals surface area (Å²) in [7, 11) is 0. The number of rotatable bonds is 7. The molecule has 2 atom stereocenters. The Balaban J connectivity index is 1.42. The molecule has 2 aliphatic carbocycles. The molecule has 1 aromatic heterocycles. The van der Waals surface area contributed by atoms with Crippen LogP contribution in [0.15, 0.2) is 41.3 Å². The van der Waals surface area contributed by atoms with Crippen molar-refractivity contribution in [2.24, 2.45) is 17.3 Å². The summed E-state index contributed by atoms with van der Waals surface area (Å²) >= 11 is 0. The van der Waals surface area contributed by atoms with Gasteiger partial charge in [0.2, 0.25) is 5.91 Å². The summed E-state index contributed by atoms with van der Waals surface area (Å²) in [6, 6.07) is 6.90. The lowest BCUT2D eigenvalue weighted by atomic mass is 9.65. The number of pyridine rings is 1. The molecule has 3 aliphatic rings. The van der Waals surface area contributed by atoms with Gasteiger partial charge in [-0.15, -0.1) is 0 Å². The fourth-order valence-electron chi connectivity index (χ4n) is 6.98. The molecule has 5 rings (SSSR count). The summed E-state index contributed by atoms with van der Waals surface area (Å²) in [5, 5.41) is 22.0. The summed E-state index contributed by atoms with van der Waals surface area (Å²) in [6.45, 7) is 2.79. The highest BCUT2D eigenvalue weighted by molar-refractivity contribution is 5.95. The quantitative estimate of drug-likeness (QED) is 0.547. The number of carbonyl (C=O) groups is 2. The van der Waals surface area contributed by atoms with Crippen molar-refractivity contribution in [2.75, 3.05) is 13.1 Å². The molecule has 2 N–H and O–H groups in total. The van der Waals surface area contributed by atoms with Gasteiger partial charge >= 0.3 is 5.97 Å². The standard InChI is InChI=1S/C30H37FN2O5/c1-20(15-21-7-6-8-21)27(35)32-14-13-30(38,29(18-32)11-4-5-12-29)19-33-17-24(28(36)37)23(16-26(33)34)22-9-2-3-10-25(22)31/h2-3,9-10,16-17,20-21,38H,4-8,11-15,18-19H2,1H3,(H,36,37). The topological polar surface area (TPSA) is 99.8 Å². The van der Waals surface area contributed by atoms with Crippen LogP contribution >= 0.6 is 0 Å². The number of halogens is 1. The maximum absolute atomic E-state index is 14.5. The normalized spacial score (nSPS) is 23.8. The Bertz CT molecular complexity index is 1280. The van der Waals surface area contributed by atoms with Crippen molar-refractivity contribution in [3.63, 3.8) is 0 Å². The Morgan fingerprint density at radius 1 is 1.11 bits per heavy atom. The van der Waals surface area contributed by atoms with Crippen LogP contribution in [0.5, 0.6) is 0 Å². The average molecular weight is 525 g/mol. The predicted molar refractivity (Wildman–Crippen MR) is 141 cm³/mol. The first-order valence-corrected chi connectivity index (χ1v) is 13.9. The number of piperidine rings is 1. The number of amides is 1. The number of hydrogen-bond donors (Lipinski definition) is 2. The molecule has 7 nitrogen and oxygen atoms in total. The van der Waals surface area contributed by atoms with Crippen molar-refractivity contribution in [1.82, 2.24) is 9.47 Å². The number of carboxylic acids is 1. The smallest absolute Gasteiger partial charge is 0.337 e. The molecule has 0 radical (unpaired) electrons. The van der Waals surface area contributed by atoms with E-state index in [0.29, 0.717) is 25.4 Å². The SMILES string of the molecule is CC(CC1CCC1)C(=O)N1CCC(O)(Cn2cc(C(=O)O)c(-c3ccccc3F)cc2=O)C2(CCCC2)C1. The van der Waals surface area contributed by atoms with Gasteiger partial charge in [-0.2, -0.15) is 0 Å². The van der Waals surface area contributed by atoms with Crippen molar-refractivity contribution in [3.05, 3.63) is 58.3 Å². The summed E-state index contributed by atoms with van der Waals surface area (Å²) < 4.78 is 15.7. The molecule has 2 heterocycles. The lowest BCUT2D eigenvalue weighted by Crippen LogP contribution is -2.62. The van der Waals surface area contributed by atoms with Crippen LogP contribution in [0, 0.1) is 23.1 Å². The molecule has 1 saturated heterocycles. The number of benzene rings is 1. The molecule has 204 valence electrons. The first kappa shape index (κ1) is 26.6. The van der Waals surface area contributed by atoms with Crippen LogP contribution in [0.3, 0.4) is 0 Å². The van der Waals surface area contributed by atoms with Crippen molar-refractivity contribution in [3.8, 4) is 11.1 Å². The number of carbonyl (C=O) groups excluding carboxylic acids is 1. The first-order valence-electron chi connectivity index (χ1n) is 13.9. The zero-order chi connectivity index (χ0) is 27.1. The molecule has 1 aliphatic heterocycles. The molecule has 2 saturated carbocycles. The average Bonchev–Trinajstić information content (AvgIpc) is 3.34. The Hall–Kier alpha value is -3.00. The minimum absolute atomic E-state index is 0.0142. The van der Waals surface area contributed by atoms with E-state index in [1.165, 1.54) is 48.2 Å². The third-order valence-corrected chi connectivity index (χ3v) is 9.43. The highest BCUT2D eigenvalue weighted by Gasteiger charge is 2.55. The first-order chi connectivity index (χ1) is 18.1. The summed E-state index contributed by atoms with van der Waals surface area (Å²) in [6.07, 6.45) is 9.46. The number of nitrogens with zero attached hydrogens (tertiary/aromatic N) is 2. The number of carboxylic acid groups (broad SMARTS) is 1. The second-order valence-corrected chi connectivity index (χ2v) is 11.8. The van der Waals surface area contributed by atoms with Crippen LogP contribution in [0.25, 0.3) is 11.1 Å². The van der Waals surface area contributed by atoms with E-state index >= 15 is 0 Å². The summed E-state index contributed by atoms with van der Waals surface area (Å²) in [4.78, 5) is 40.6. The number of hydrogen-bond acceptors (Lipinski definition) is 4. The molecule has 3 fully saturated rings. The van der Waals surface area contributed by atoms with Gasteiger partial charge in [0.05, 0.1) is 17.7 Å². The largest absolute Gasteiger partial charge is 0.478 e. The van der Waals surface area contributed by atoms with E-state index in [9.17, 15) is 29.0 Å². The third kappa shape index (κ3) is 4.79. The zero-order valence-corrected chi connectivity index (χ0v) is 22.0. The Kier molecular flexibility index (Phi) is 7.20. The minimum Gasteiger partial charge on any atom is -0.478 e. The predicted octanol–water partition coefficient (Wildman–Crippen LogP) is 4.70. The van der Waals surface area contributed by atoms with Crippen LogP contribution in [0.4, 0.5) is 4.39 Å². The minimum atomic E-state index is -1.28. The zero-order valence-electron chi connectivity index (χ0n) is 22.0. The lowest BCUT2D eigenvalue weighted by molar-refractivity contribution is -0.163. The van der Waals surface area contributed by atoms with E-state index in [0.717, 1.165) is 38.2 Å². The summed E-state index contributed by atoms with van der Waals surface area (Å²) in [5.74, 6) is -1.15. The van der Waals surface area contributed by atoms with Crippen LogP contribution in [-0.2, 0) is 11.3 Å². The van der Waals surface area contributed by atoms with E-state index < -0.39 is 28.4 Å². The second kappa shape index (κ2) is 10.3. The molecule has 0 bridgehead atoms. The molecule has 1 amide bonds. The lowest BCUT2D eigenvalue weighted by Gasteiger charge is -2.53. The van der Waals surface area contributed by atoms with Gasteiger partial charge in [-0.1, -0.05) is 57.2 Å². The van der Waals surface area contributed by atoms with Gasteiger partial charge in [0.25, 0.3) is 5.56 Å². The van der Waals surface area contributed by atoms with Gasteiger partial charge in [0.15, 0.2) is 0 Å². The van der Waals surface area contributed by atoms with Crippen LogP contribution in [0.1, 0.15) is 75.1 Å². The van der Waals surface area contributed by atoms with Gasteiger partial charge in [-0.25, -0.2) is 9.18 Å². The summed E-state index contributed by atoms with van der Waals surface area (Å²) in [5.41, 5.74) is -2.46. The van der Waals surface area contributed by atoms with Gasteiger partial charge in [0, 0.05) is 47.8 Å². The van der Waals surface area contributed by atoms with Crippen molar-refractivity contribution < 1.29 is 24.2 Å². The van der Waals surface area contributed by atoms with Gasteiger partial charge in [0.1, 0.15) is 5.82 Å². The molecule has 1 aromatic carbocycles. The van der Waals surface area contributed by atoms with E-state index in [2.05, 4.69) is 0 Å². The van der Waals surface area contributed by atoms with Gasteiger partial charge < -0.3 is 19.7 Å². The van der Waals surface area contributed by atoms with Gasteiger partial charge in [-0.3, -0.25) is 9.59 Å². The molecular formula is C30H37FN2O5. The maximum atomic E-state index is 14.5. The molecule has 38 heavy (non-hydrogen) atoms. The molecule has 2 unspecified atom stereocenters. The van der Waals surface area contributed by atoms with Crippen LogP contribution in [0.2, 0.25) is 0 Å². The van der Waals surface area contributed by atoms with E-state index in [4.69, 9.17) is 0 Å². The second-order valence-electron chi connectivity index (χ2n) is 11.8. The van der Waals surface area contributed by atoms with E-state index in [-0.39, 0.29) is 35.1 Å². The molecule has 8 heteroatoms. The highest BCUT2D eigenvalue weighted by atomic mass is 19.1. The Morgan fingerprint density at radius 2 is 1.82 bits per heavy atom. The number of likely N-dealkylation sites (tertiary alicyclic amines) is 1. The Morgan fingerprint density at radius 3 is 2.45 bits per heavy atom. The van der Waals surface area contributed by atoms with Crippen LogP contribution < -0.4 is 5.56 Å². The number of aromatic nitrogens is 1. The van der Waals surface area contributed by atoms with E-state index in [1.54, 1.807) is 6.07 Å². The molecular weight excluding hydrogens is 487 g/mol. The maximum Gasteiger partial charge on any atom is 0.337 e. The van der Waals surface area contributed by atoms with E-state index in [1.807, 2.05) is 11.8 Å². The van der Waals surface area contributed by atoms with Crippen molar-refractivity contribution in [1.29, 1.82) is 0 Å². The number of aliphatic hydroxyl groups is 1. The van der Waals surface area contributed by atoms with Crippen LogP contribution in [-0.4, -0.2) is 50.2 Å². The monoisotopic (exact) mass is 524 g/mol. The van der Waals surface area contributed by atoms with Crippen molar-refractivity contribution in [2.45, 2.75) is 76.9 Å². The fourth-order valence-corrected chi connectivity index (χ4v) is 6.98. The highest BCUT2D eigenvalue weighted by Crippen LogP contribution is 2.52. The number of aromatic carboxylic acids is 1. The fraction of sp³-hybridized carbons (Fsp3) is 0.567. The third-order valence-electron chi connectivity index (χ3n) is 9.43. The molecule has 2 aromatic rings. The van der Waals surface area contributed by atoms with Crippen molar-refractivity contribution >= 4 is 11.9 Å². The molecule has 1 spiro atoms. The Labute approximate surface area is 222 Å². The van der Waals surface area contributed by atoms with Gasteiger partial charge in [-0.05, 0) is 37.7 Å².